The van der Waals surface area contributed by atoms with E-state index in [1.807, 2.05) is 36.4 Å². The number of ketones is 1. The Kier molecular flexibility index (Phi) is 3.36. The monoisotopic (exact) mass is 277 g/mol. The van der Waals surface area contributed by atoms with Gasteiger partial charge < -0.3 is 5.32 Å². The third-order valence-corrected chi connectivity index (χ3v) is 2.95. The molecule has 0 saturated heterocycles. The molecule has 0 amide bonds. The summed E-state index contributed by atoms with van der Waals surface area (Å²) in [7, 11) is 1.77. The highest BCUT2D eigenvalue weighted by atomic mass is 79.9. The molecule has 0 bridgehead atoms. The van der Waals surface area contributed by atoms with Gasteiger partial charge in [0, 0.05) is 10.0 Å². The lowest BCUT2D eigenvalue weighted by Gasteiger charge is -2.03. The Morgan fingerprint density at radius 1 is 1.19 bits per heavy atom. The number of halogens is 1. The zero-order valence-electron chi connectivity index (χ0n) is 8.96. The second-order valence-corrected chi connectivity index (χ2v) is 4.58. The number of fused-ring (bicyclic) bond motifs is 1. The van der Waals surface area contributed by atoms with Crippen LogP contribution in [0.2, 0.25) is 0 Å². The summed E-state index contributed by atoms with van der Waals surface area (Å²) in [5.41, 5.74) is 0.754. The summed E-state index contributed by atoms with van der Waals surface area (Å²) in [4.78, 5) is 11.7. The van der Waals surface area contributed by atoms with Crippen molar-refractivity contribution in [2.24, 2.45) is 0 Å². The number of carbonyl (C=O) groups excluding carboxylic acids is 1. The molecule has 0 unspecified atom stereocenters. The van der Waals surface area contributed by atoms with E-state index in [9.17, 15) is 4.79 Å². The van der Waals surface area contributed by atoms with Crippen molar-refractivity contribution in [3.05, 3.63) is 46.4 Å². The van der Waals surface area contributed by atoms with Crippen molar-refractivity contribution < 1.29 is 4.79 Å². The summed E-state index contributed by atoms with van der Waals surface area (Å²) in [5, 5.41) is 5.09. The molecule has 2 rings (SSSR count). The molecule has 2 nitrogen and oxygen atoms in total. The second-order valence-electron chi connectivity index (χ2n) is 3.66. The Balaban J connectivity index is 2.44. The van der Waals surface area contributed by atoms with Gasteiger partial charge in [-0.2, -0.15) is 0 Å². The number of likely N-dealkylation sites (N-methyl/N-ethyl adjacent to an activating group) is 1. The van der Waals surface area contributed by atoms with Crippen LogP contribution in [0.25, 0.3) is 10.8 Å². The summed E-state index contributed by atoms with van der Waals surface area (Å²) in [6.07, 6.45) is 0. The second kappa shape index (κ2) is 4.76. The van der Waals surface area contributed by atoms with Crippen molar-refractivity contribution >= 4 is 32.5 Å². The summed E-state index contributed by atoms with van der Waals surface area (Å²) in [6.45, 7) is 0.377. The Bertz CT molecular complexity index is 536. The molecule has 0 spiro atoms. The molecule has 0 aliphatic heterocycles. The van der Waals surface area contributed by atoms with Crippen LogP contribution in [0.3, 0.4) is 0 Å². The van der Waals surface area contributed by atoms with Gasteiger partial charge in [0.15, 0.2) is 5.78 Å². The molecule has 0 fully saturated rings. The van der Waals surface area contributed by atoms with Gasteiger partial charge in [-0.25, -0.2) is 0 Å². The quantitative estimate of drug-likeness (QED) is 0.874. The standard InChI is InChI=1S/C13H12BrNO/c1-15-8-13(16)11-3-2-10-7-12(14)5-4-9(10)6-11/h2-7,15H,8H2,1H3. The molecule has 2 aromatic carbocycles. The molecule has 0 aliphatic carbocycles. The van der Waals surface area contributed by atoms with E-state index in [0.29, 0.717) is 6.54 Å². The molecular formula is C13H12BrNO. The van der Waals surface area contributed by atoms with Crippen molar-refractivity contribution in [1.82, 2.24) is 5.32 Å². The predicted octanol–water partition coefficient (Wildman–Crippen LogP) is 3.00. The van der Waals surface area contributed by atoms with Crippen LogP contribution in [-0.2, 0) is 0 Å². The fourth-order valence-corrected chi connectivity index (χ4v) is 2.03. The van der Waals surface area contributed by atoms with Crippen LogP contribution in [0.5, 0.6) is 0 Å². The van der Waals surface area contributed by atoms with Gasteiger partial charge in [-0.15, -0.1) is 0 Å². The lowest BCUT2D eigenvalue weighted by atomic mass is 10.0. The fourth-order valence-electron chi connectivity index (χ4n) is 1.65. The van der Waals surface area contributed by atoms with Crippen LogP contribution >= 0.6 is 15.9 Å². The third kappa shape index (κ3) is 2.31. The highest BCUT2D eigenvalue weighted by molar-refractivity contribution is 9.10. The van der Waals surface area contributed by atoms with E-state index in [0.717, 1.165) is 20.8 Å². The molecule has 0 radical (unpaired) electrons. The number of benzene rings is 2. The number of Topliss-reactive ketones (excluding diaryl/α,β-unsaturated/α-hetero) is 1. The molecule has 0 saturated carbocycles. The van der Waals surface area contributed by atoms with Crippen molar-refractivity contribution in [2.75, 3.05) is 13.6 Å². The number of rotatable bonds is 3. The largest absolute Gasteiger partial charge is 0.313 e. The predicted molar refractivity (Wildman–Crippen MR) is 69.9 cm³/mol. The molecule has 0 aliphatic rings. The minimum atomic E-state index is 0.118. The van der Waals surface area contributed by atoms with Crippen molar-refractivity contribution in [2.45, 2.75) is 0 Å². The molecule has 3 heteroatoms. The zero-order valence-corrected chi connectivity index (χ0v) is 10.5. The minimum Gasteiger partial charge on any atom is -0.313 e. The highest BCUT2D eigenvalue weighted by Crippen LogP contribution is 2.21. The van der Waals surface area contributed by atoms with Gasteiger partial charge in [0.25, 0.3) is 0 Å². The summed E-state index contributed by atoms with van der Waals surface area (Å²) in [6, 6.07) is 11.8. The third-order valence-electron chi connectivity index (χ3n) is 2.46. The number of carbonyl (C=O) groups is 1. The van der Waals surface area contributed by atoms with Gasteiger partial charge in [0.05, 0.1) is 6.54 Å². The number of hydrogen-bond acceptors (Lipinski definition) is 2. The number of hydrogen-bond donors (Lipinski definition) is 1. The first-order valence-electron chi connectivity index (χ1n) is 5.08. The van der Waals surface area contributed by atoms with Gasteiger partial charge in [-0.3, -0.25) is 4.79 Å². The van der Waals surface area contributed by atoms with Crippen LogP contribution in [0.15, 0.2) is 40.9 Å². The van der Waals surface area contributed by atoms with Crippen LogP contribution in [0, 0.1) is 0 Å². The van der Waals surface area contributed by atoms with E-state index in [4.69, 9.17) is 0 Å². The molecule has 16 heavy (non-hydrogen) atoms. The van der Waals surface area contributed by atoms with Gasteiger partial charge in [-0.1, -0.05) is 34.1 Å². The zero-order chi connectivity index (χ0) is 11.5. The molecule has 0 heterocycles. The van der Waals surface area contributed by atoms with Crippen LogP contribution in [0.1, 0.15) is 10.4 Å². The van der Waals surface area contributed by atoms with E-state index in [-0.39, 0.29) is 5.78 Å². The molecule has 2 aromatic rings. The van der Waals surface area contributed by atoms with Gasteiger partial charge >= 0.3 is 0 Å². The van der Waals surface area contributed by atoms with E-state index < -0.39 is 0 Å². The molecule has 82 valence electrons. The highest BCUT2D eigenvalue weighted by Gasteiger charge is 2.05. The van der Waals surface area contributed by atoms with Crippen molar-refractivity contribution in [1.29, 1.82) is 0 Å². The van der Waals surface area contributed by atoms with Crippen molar-refractivity contribution in [3.63, 3.8) is 0 Å². The Morgan fingerprint density at radius 2 is 1.88 bits per heavy atom. The van der Waals surface area contributed by atoms with E-state index in [1.165, 1.54) is 0 Å². The average molecular weight is 278 g/mol. The first-order valence-corrected chi connectivity index (χ1v) is 5.87. The maximum absolute atomic E-state index is 11.7. The van der Waals surface area contributed by atoms with Gasteiger partial charge in [-0.05, 0) is 36.0 Å². The van der Waals surface area contributed by atoms with Gasteiger partial charge in [0.2, 0.25) is 0 Å². The topological polar surface area (TPSA) is 29.1 Å². The van der Waals surface area contributed by atoms with Gasteiger partial charge in [0.1, 0.15) is 0 Å². The van der Waals surface area contributed by atoms with Crippen molar-refractivity contribution in [3.8, 4) is 0 Å². The molecular weight excluding hydrogens is 266 g/mol. The smallest absolute Gasteiger partial charge is 0.176 e. The van der Waals surface area contributed by atoms with E-state index in [1.54, 1.807) is 7.05 Å². The average Bonchev–Trinajstić information content (AvgIpc) is 2.28. The summed E-state index contributed by atoms with van der Waals surface area (Å²) < 4.78 is 1.05. The van der Waals surface area contributed by atoms with E-state index >= 15 is 0 Å². The lowest BCUT2D eigenvalue weighted by molar-refractivity contribution is 0.0993. The molecule has 0 aromatic heterocycles. The first-order chi connectivity index (χ1) is 7.70. The van der Waals surface area contributed by atoms with Crippen LogP contribution in [0.4, 0.5) is 0 Å². The Hall–Kier alpha value is -1.19. The van der Waals surface area contributed by atoms with Crippen LogP contribution < -0.4 is 5.32 Å². The molecule has 0 atom stereocenters. The SMILES string of the molecule is CNCC(=O)c1ccc2cc(Br)ccc2c1. The van der Waals surface area contributed by atoms with E-state index in [2.05, 4.69) is 21.2 Å². The maximum Gasteiger partial charge on any atom is 0.176 e. The normalized spacial score (nSPS) is 10.6. The first kappa shape index (κ1) is 11.3. The number of nitrogens with one attached hydrogen (secondary N) is 1. The fraction of sp³-hybridized carbons (Fsp3) is 0.154. The minimum absolute atomic E-state index is 0.118. The summed E-state index contributed by atoms with van der Waals surface area (Å²) in [5.74, 6) is 0.118. The lowest BCUT2D eigenvalue weighted by Crippen LogP contribution is -2.18. The Labute approximate surface area is 103 Å². The van der Waals surface area contributed by atoms with Crippen LogP contribution in [-0.4, -0.2) is 19.4 Å². The Morgan fingerprint density at radius 3 is 2.62 bits per heavy atom. The molecule has 1 N–H and O–H groups in total. The summed E-state index contributed by atoms with van der Waals surface area (Å²) >= 11 is 3.43. The maximum atomic E-state index is 11.7.